The first-order valence-corrected chi connectivity index (χ1v) is 6.49. The van der Waals surface area contributed by atoms with Gasteiger partial charge in [0.2, 0.25) is 0 Å². The molecule has 0 saturated carbocycles. The van der Waals surface area contributed by atoms with Gasteiger partial charge in [-0.25, -0.2) is 0 Å². The first-order valence-electron chi connectivity index (χ1n) is 6.49. The van der Waals surface area contributed by atoms with E-state index in [0.717, 1.165) is 23.3 Å². The van der Waals surface area contributed by atoms with E-state index in [4.69, 9.17) is 0 Å². The quantitative estimate of drug-likeness (QED) is 0.909. The zero-order valence-electron chi connectivity index (χ0n) is 12.0. The van der Waals surface area contributed by atoms with Gasteiger partial charge in [0, 0.05) is 11.3 Å². The van der Waals surface area contributed by atoms with Crippen LogP contribution in [0.2, 0.25) is 0 Å². The van der Waals surface area contributed by atoms with Crippen LogP contribution in [0.15, 0.2) is 42.5 Å². The van der Waals surface area contributed by atoms with Gasteiger partial charge in [-0.3, -0.25) is 4.79 Å². The van der Waals surface area contributed by atoms with E-state index in [1.54, 1.807) is 12.1 Å². The Labute approximate surface area is 125 Å². The Morgan fingerprint density at radius 1 is 1.00 bits per heavy atom. The van der Waals surface area contributed by atoms with Crippen molar-refractivity contribution in [1.29, 1.82) is 0 Å². The largest absolute Gasteiger partial charge is 0.573 e. The number of benzene rings is 2. The van der Waals surface area contributed by atoms with Gasteiger partial charge in [-0.2, -0.15) is 0 Å². The van der Waals surface area contributed by atoms with Crippen molar-refractivity contribution in [3.63, 3.8) is 0 Å². The molecule has 0 fully saturated rings. The standard InChI is InChI=1S/C16H14F3NO2/c1-10-3-4-12(9-11(10)2)15(21)20-13-5-7-14(8-6-13)22-16(17,18)19/h3-9H,1-2H3,(H,20,21). The lowest BCUT2D eigenvalue weighted by Gasteiger charge is -2.10. The average molecular weight is 309 g/mol. The molecule has 0 unspecified atom stereocenters. The third-order valence-electron chi connectivity index (χ3n) is 3.11. The van der Waals surface area contributed by atoms with Crippen LogP contribution in [0.1, 0.15) is 21.5 Å². The van der Waals surface area contributed by atoms with Crippen molar-refractivity contribution in [2.75, 3.05) is 5.32 Å². The van der Waals surface area contributed by atoms with Gasteiger partial charge in [0.15, 0.2) is 0 Å². The van der Waals surface area contributed by atoms with E-state index in [0.29, 0.717) is 11.3 Å². The summed E-state index contributed by atoms with van der Waals surface area (Å²) in [6.45, 7) is 3.84. The first-order chi connectivity index (χ1) is 10.2. The van der Waals surface area contributed by atoms with E-state index in [1.165, 1.54) is 12.1 Å². The van der Waals surface area contributed by atoms with Gasteiger partial charge in [0.1, 0.15) is 5.75 Å². The lowest BCUT2D eigenvalue weighted by Crippen LogP contribution is -2.17. The lowest BCUT2D eigenvalue weighted by atomic mass is 10.1. The number of carbonyl (C=O) groups excluding carboxylic acids is 1. The second-order valence-electron chi connectivity index (χ2n) is 4.83. The molecule has 22 heavy (non-hydrogen) atoms. The molecular weight excluding hydrogens is 295 g/mol. The number of amides is 1. The molecule has 0 atom stereocenters. The van der Waals surface area contributed by atoms with E-state index in [1.807, 2.05) is 19.9 Å². The molecule has 0 aliphatic rings. The van der Waals surface area contributed by atoms with Gasteiger partial charge >= 0.3 is 6.36 Å². The highest BCUT2D eigenvalue weighted by atomic mass is 19.4. The summed E-state index contributed by atoms with van der Waals surface area (Å²) < 4.78 is 39.9. The maximum absolute atomic E-state index is 12.1. The minimum absolute atomic E-state index is 0.326. The number of carbonyl (C=O) groups is 1. The fourth-order valence-corrected chi connectivity index (χ4v) is 1.83. The highest BCUT2D eigenvalue weighted by Gasteiger charge is 2.30. The van der Waals surface area contributed by atoms with Crippen molar-refractivity contribution in [3.8, 4) is 5.75 Å². The maximum Gasteiger partial charge on any atom is 0.573 e. The summed E-state index contributed by atoms with van der Waals surface area (Å²) >= 11 is 0. The number of rotatable bonds is 3. The molecule has 1 amide bonds. The number of anilines is 1. The molecule has 6 heteroatoms. The minimum atomic E-state index is -4.73. The molecule has 0 aliphatic heterocycles. The normalized spacial score (nSPS) is 11.1. The molecule has 2 aromatic rings. The number of aryl methyl sites for hydroxylation is 2. The van der Waals surface area contributed by atoms with Crippen LogP contribution in [-0.2, 0) is 0 Å². The number of hydrogen-bond donors (Lipinski definition) is 1. The van der Waals surface area contributed by atoms with Crippen LogP contribution >= 0.6 is 0 Å². The van der Waals surface area contributed by atoms with Crippen LogP contribution in [-0.4, -0.2) is 12.3 Å². The fraction of sp³-hybridized carbons (Fsp3) is 0.188. The predicted octanol–water partition coefficient (Wildman–Crippen LogP) is 4.45. The smallest absolute Gasteiger partial charge is 0.406 e. The number of hydrogen-bond acceptors (Lipinski definition) is 2. The third kappa shape index (κ3) is 4.25. The topological polar surface area (TPSA) is 38.3 Å². The summed E-state index contributed by atoms with van der Waals surface area (Å²) in [6.07, 6.45) is -4.73. The highest BCUT2D eigenvalue weighted by Crippen LogP contribution is 2.24. The van der Waals surface area contributed by atoms with Crippen molar-refractivity contribution in [2.45, 2.75) is 20.2 Å². The second kappa shape index (κ2) is 6.09. The molecule has 0 heterocycles. The Hall–Kier alpha value is -2.50. The van der Waals surface area contributed by atoms with Gasteiger partial charge in [-0.05, 0) is 61.4 Å². The number of halogens is 3. The van der Waals surface area contributed by atoms with Gasteiger partial charge in [0.05, 0.1) is 0 Å². The molecule has 0 aromatic heterocycles. The van der Waals surface area contributed by atoms with Gasteiger partial charge in [-0.1, -0.05) is 6.07 Å². The Morgan fingerprint density at radius 2 is 1.64 bits per heavy atom. The fourth-order valence-electron chi connectivity index (χ4n) is 1.83. The van der Waals surface area contributed by atoms with Crippen molar-refractivity contribution < 1.29 is 22.7 Å². The molecule has 0 spiro atoms. The molecular formula is C16H14F3NO2. The van der Waals surface area contributed by atoms with Gasteiger partial charge in [-0.15, -0.1) is 13.2 Å². The molecule has 116 valence electrons. The predicted molar refractivity (Wildman–Crippen MR) is 77.0 cm³/mol. The first kappa shape index (κ1) is 15.9. The Morgan fingerprint density at radius 3 is 2.18 bits per heavy atom. The molecule has 3 nitrogen and oxygen atoms in total. The Bertz CT molecular complexity index is 679. The third-order valence-corrected chi connectivity index (χ3v) is 3.11. The molecule has 2 aromatic carbocycles. The van der Waals surface area contributed by atoms with Crippen molar-refractivity contribution in [2.24, 2.45) is 0 Å². The summed E-state index contributed by atoms with van der Waals surface area (Å²) in [5, 5.41) is 2.62. The van der Waals surface area contributed by atoms with Gasteiger partial charge in [0.25, 0.3) is 5.91 Å². The van der Waals surface area contributed by atoms with E-state index in [2.05, 4.69) is 10.1 Å². The molecule has 2 rings (SSSR count). The van der Waals surface area contributed by atoms with Crippen LogP contribution in [0.4, 0.5) is 18.9 Å². The van der Waals surface area contributed by atoms with E-state index >= 15 is 0 Å². The van der Waals surface area contributed by atoms with Gasteiger partial charge < -0.3 is 10.1 Å². The molecule has 1 N–H and O–H groups in total. The zero-order chi connectivity index (χ0) is 16.3. The monoisotopic (exact) mass is 309 g/mol. The van der Waals surface area contributed by atoms with E-state index < -0.39 is 6.36 Å². The zero-order valence-corrected chi connectivity index (χ0v) is 12.0. The second-order valence-corrected chi connectivity index (χ2v) is 4.83. The maximum atomic E-state index is 12.1. The highest BCUT2D eigenvalue weighted by molar-refractivity contribution is 6.04. The average Bonchev–Trinajstić information content (AvgIpc) is 2.42. The summed E-state index contributed by atoms with van der Waals surface area (Å²) in [4.78, 5) is 12.1. The van der Waals surface area contributed by atoms with Crippen LogP contribution < -0.4 is 10.1 Å². The van der Waals surface area contributed by atoms with E-state index in [9.17, 15) is 18.0 Å². The van der Waals surface area contributed by atoms with Crippen LogP contribution in [0.3, 0.4) is 0 Å². The van der Waals surface area contributed by atoms with Crippen molar-refractivity contribution >= 4 is 11.6 Å². The summed E-state index contributed by atoms with van der Waals surface area (Å²) in [5.74, 6) is -0.663. The van der Waals surface area contributed by atoms with Crippen molar-refractivity contribution in [1.82, 2.24) is 0 Å². The Kier molecular flexibility index (Phi) is 4.40. The molecule has 0 bridgehead atoms. The van der Waals surface area contributed by atoms with Crippen molar-refractivity contribution in [3.05, 3.63) is 59.2 Å². The summed E-state index contributed by atoms with van der Waals surface area (Å²) in [7, 11) is 0. The molecule has 0 radical (unpaired) electrons. The Balaban J connectivity index is 2.07. The molecule has 0 saturated heterocycles. The number of ether oxygens (including phenoxy) is 1. The lowest BCUT2D eigenvalue weighted by molar-refractivity contribution is -0.274. The minimum Gasteiger partial charge on any atom is -0.406 e. The van der Waals surface area contributed by atoms with Crippen LogP contribution in [0.25, 0.3) is 0 Å². The van der Waals surface area contributed by atoms with E-state index in [-0.39, 0.29) is 11.7 Å². The van der Waals surface area contributed by atoms with Crippen LogP contribution in [0.5, 0.6) is 5.75 Å². The number of nitrogens with one attached hydrogen (secondary N) is 1. The summed E-state index contributed by atoms with van der Waals surface area (Å²) in [5.41, 5.74) is 2.93. The number of alkyl halides is 3. The molecule has 0 aliphatic carbocycles. The SMILES string of the molecule is Cc1ccc(C(=O)Nc2ccc(OC(F)(F)F)cc2)cc1C. The summed E-state index contributed by atoms with van der Waals surface area (Å²) in [6, 6.07) is 10.3. The van der Waals surface area contributed by atoms with Crippen LogP contribution in [0, 0.1) is 13.8 Å².